The highest BCUT2D eigenvalue weighted by Gasteiger charge is 2.29. The van der Waals surface area contributed by atoms with E-state index in [-0.39, 0.29) is 11.7 Å². The van der Waals surface area contributed by atoms with Gasteiger partial charge in [-0.3, -0.25) is 4.79 Å². The monoisotopic (exact) mass is 366 g/mol. The van der Waals surface area contributed by atoms with Crippen molar-refractivity contribution in [3.05, 3.63) is 69.2 Å². The minimum atomic E-state index is 0.0631. The third-order valence-corrected chi connectivity index (χ3v) is 5.23. The maximum absolute atomic E-state index is 12.9. The van der Waals surface area contributed by atoms with Crippen LogP contribution in [-0.4, -0.2) is 25.0 Å². The Hall–Kier alpha value is -2.51. The van der Waals surface area contributed by atoms with Gasteiger partial charge in [0, 0.05) is 21.9 Å². The molecule has 2 aromatic heterocycles. The van der Waals surface area contributed by atoms with Crippen molar-refractivity contribution in [1.82, 2.24) is 19.2 Å². The molecule has 1 fully saturated rings. The van der Waals surface area contributed by atoms with Crippen LogP contribution in [-0.2, 0) is 4.79 Å². The van der Waals surface area contributed by atoms with Crippen LogP contribution in [0.2, 0.25) is 0 Å². The van der Waals surface area contributed by atoms with E-state index in [9.17, 15) is 4.79 Å². The Morgan fingerprint density at radius 1 is 0.880 bits per heavy atom. The Bertz CT molecular complexity index is 859. The standard InChI is InChI=1S/C18H14N4OS2/c23-18-14(8-16-10-24-21-19-16)6-13(12-4-2-1-3-5-12)7-15(18)9-17-11-25-22-20-17/h1-5,8-11,13H,6-7H2/b14-8+,15-9+. The molecule has 0 spiro atoms. The fourth-order valence-corrected chi connectivity index (χ4v) is 3.85. The Morgan fingerprint density at radius 2 is 1.44 bits per heavy atom. The number of rotatable bonds is 3. The lowest BCUT2D eigenvalue weighted by atomic mass is 9.77. The molecule has 5 nitrogen and oxygen atoms in total. The van der Waals surface area contributed by atoms with Gasteiger partial charge in [-0.15, -0.1) is 10.2 Å². The predicted molar refractivity (Wildman–Crippen MR) is 99.2 cm³/mol. The molecule has 7 heteroatoms. The maximum atomic E-state index is 12.9. The highest BCUT2D eigenvalue weighted by molar-refractivity contribution is 7.03. The van der Waals surface area contributed by atoms with Crippen molar-refractivity contribution in [1.29, 1.82) is 0 Å². The van der Waals surface area contributed by atoms with E-state index in [1.54, 1.807) is 0 Å². The molecule has 1 aliphatic carbocycles. The van der Waals surface area contributed by atoms with Gasteiger partial charge in [0.2, 0.25) is 0 Å². The summed E-state index contributed by atoms with van der Waals surface area (Å²) in [5.41, 5.74) is 4.23. The summed E-state index contributed by atoms with van der Waals surface area (Å²) in [6.45, 7) is 0. The Balaban J connectivity index is 1.73. The van der Waals surface area contributed by atoms with Gasteiger partial charge in [-0.1, -0.05) is 39.3 Å². The van der Waals surface area contributed by atoms with Gasteiger partial charge in [-0.05, 0) is 59.5 Å². The largest absolute Gasteiger partial charge is 0.289 e. The second-order valence-corrected chi connectivity index (χ2v) is 7.06. The van der Waals surface area contributed by atoms with Gasteiger partial charge in [0.05, 0.1) is 11.4 Å². The number of allylic oxidation sites excluding steroid dienone is 2. The molecule has 2 heterocycles. The van der Waals surface area contributed by atoms with E-state index in [0.29, 0.717) is 12.8 Å². The summed E-state index contributed by atoms with van der Waals surface area (Å²) in [6.07, 6.45) is 5.11. The Morgan fingerprint density at radius 3 is 1.92 bits per heavy atom. The van der Waals surface area contributed by atoms with E-state index in [4.69, 9.17) is 0 Å². The molecule has 4 rings (SSSR count). The van der Waals surface area contributed by atoms with Gasteiger partial charge in [-0.2, -0.15) is 0 Å². The van der Waals surface area contributed by atoms with Gasteiger partial charge >= 0.3 is 0 Å². The molecule has 1 aliphatic rings. The van der Waals surface area contributed by atoms with Gasteiger partial charge in [0.15, 0.2) is 5.78 Å². The third kappa shape index (κ3) is 3.62. The summed E-state index contributed by atoms with van der Waals surface area (Å²) in [5.74, 6) is 0.322. The molecule has 0 radical (unpaired) electrons. The zero-order chi connectivity index (χ0) is 17.1. The molecule has 1 aromatic carbocycles. The van der Waals surface area contributed by atoms with Crippen LogP contribution in [0.3, 0.4) is 0 Å². The Labute approximate surface area is 153 Å². The fourth-order valence-electron chi connectivity index (χ4n) is 3.03. The number of hydrogen-bond donors (Lipinski definition) is 0. The van der Waals surface area contributed by atoms with Crippen molar-refractivity contribution in [2.45, 2.75) is 18.8 Å². The van der Waals surface area contributed by atoms with Gasteiger partial charge < -0.3 is 0 Å². The summed E-state index contributed by atoms with van der Waals surface area (Å²) in [7, 11) is 0. The second-order valence-electron chi connectivity index (χ2n) is 5.84. The summed E-state index contributed by atoms with van der Waals surface area (Å²) >= 11 is 2.57. The van der Waals surface area contributed by atoms with Crippen LogP contribution >= 0.6 is 23.1 Å². The van der Waals surface area contributed by atoms with Crippen LogP contribution in [0.15, 0.2) is 52.2 Å². The van der Waals surface area contributed by atoms with Crippen molar-refractivity contribution in [2.24, 2.45) is 0 Å². The van der Waals surface area contributed by atoms with Crippen molar-refractivity contribution in [2.75, 3.05) is 0 Å². The molecule has 3 aromatic rings. The number of benzene rings is 1. The minimum absolute atomic E-state index is 0.0631. The minimum Gasteiger partial charge on any atom is -0.289 e. The topological polar surface area (TPSA) is 68.6 Å². The molecule has 0 N–H and O–H groups in total. The van der Waals surface area contributed by atoms with Gasteiger partial charge in [0.25, 0.3) is 0 Å². The van der Waals surface area contributed by atoms with Gasteiger partial charge in [0.1, 0.15) is 0 Å². The molecule has 0 saturated heterocycles. The average Bonchev–Trinajstić information content (AvgIpc) is 3.33. The summed E-state index contributed by atoms with van der Waals surface area (Å²) in [6, 6.07) is 10.3. The molecule has 0 atom stereocenters. The third-order valence-electron chi connectivity index (χ3n) is 4.18. The molecule has 0 amide bonds. The molecule has 0 aliphatic heterocycles. The second kappa shape index (κ2) is 7.16. The Kier molecular flexibility index (Phi) is 4.58. The van der Waals surface area contributed by atoms with Crippen molar-refractivity contribution < 1.29 is 4.79 Å². The molecular weight excluding hydrogens is 352 g/mol. The first kappa shape index (κ1) is 16.0. The van der Waals surface area contributed by atoms with Crippen LogP contribution in [0.1, 0.15) is 35.7 Å². The van der Waals surface area contributed by atoms with Crippen LogP contribution in [0, 0.1) is 0 Å². The lowest BCUT2D eigenvalue weighted by molar-refractivity contribution is -0.113. The molecule has 0 unspecified atom stereocenters. The molecule has 1 saturated carbocycles. The summed E-state index contributed by atoms with van der Waals surface area (Å²) in [4.78, 5) is 12.9. The van der Waals surface area contributed by atoms with Crippen LogP contribution < -0.4 is 0 Å². The van der Waals surface area contributed by atoms with Crippen molar-refractivity contribution in [3.63, 3.8) is 0 Å². The zero-order valence-electron chi connectivity index (χ0n) is 13.2. The van der Waals surface area contributed by atoms with Crippen molar-refractivity contribution >= 4 is 41.0 Å². The van der Waals surface area contributed by atoms with Crippen molar-refractivity contribution in [3.8, 4) is 0 Å². The van der Waals surface area contributed by atoms with E-state index in [1.165, 1.54) is 28.6 Å². The highest BCUT2D eigenvalue weighted by atomic mass is 32.1. The molecule has 0 bridgehead atoms. The average molecular weight is 366 g/mol. The lowest BCUT2D eigenvalue weighted by Crippen LogP contribution is -2.19. The first-order chi connectivity index (χ1) is 12.3. The number of nitrogens with zero attached hydrogens (tertiary/aromatic N) is 4. The number of carbonyl (C=O) groups is 1. The highest BCUT2D eigenvalue weighted by Crippen LogP contribution is 2.38. The number of carbonyl (C=O) groups excluding carboxylic acids is 1. The molecule has 25 heavy (non-hydrogen) atoms. The van der Waals surface area contributed by atoms with E-state index in [2.05, 4.69) is 31.3 Å². The summed E-state index contributed by atoms with van der Waals surface area (Å²) in [5, 5.41) is 11.8. The first-order valence-electron chi connectivity index (χ1n) is 7.84. The normalized spacial score (nSPS) is 21.1. The number of hydrogen-bond acceptors (Lipinski definition) is 7. The van der Waals surface area contributed by atoms with Crippen LogP contribution in [0.25, 0.3) is 12.2 Å². The quantitative estimate of drug-likeness (QED) is 0.655. The molecule has 124 valence electrons. The predicted octanol–water partition coefficient (Wildman–Crippen LogP) is 4.00. The van der Waals surface area contributed by atoms with E-state index in [0.717, 1.165) is 22.5 Å². The van der Waals surface area contributed by atoms with Gasteiger partial charge in [-0.25, -0.2) is 0 Å². The SMILES string of the molecule is O=C1/C(=C/c2csnn2)CC(c2ccccc2)C/C1=C\c1csnn1. The maximum Gasteiger partial charge on any atom is 0.185 e. The first-order valence-corrected chi connectivity index (χ1v) is 9.52. The zero-order valence-corrected chi connectivity index (χ0v) is 14.8. The number of Topliss-reactive ketones (excluding diaryl/α,β-unsaturated/α-hetero) is 1. The van der Waals surface area contributed by atoms with Crippen LogP contribution in [0.4, 0.5) is 0 Å². The summed E-state index contributed by atoms with van der Waals surface area (Å²) < 4.78 is 7.75. The smallest absolute Gasteiger partial charge is 0.185 e. The van der Waals surface area contributed by atoms with E-state index < -0.39 is 0 Å². The van der Waals surface area contributed by atoms with E-state index in [1.807, 2.05) is 41.1 Å². The lowest BCUT2D eigenvalue weighted by Gasteiger charge is -2.26. The van der Waals surface area contributed by atoms with Crippen LogP contribution in [0.5, 0.6) is 0 Å². The van der Waals surface area contributed by atoms with E-state index >= 15 is 0 Å². The number of aromatic nitrogens is 4. The molecular formula is C18H14N4OS2. The fraction of sp³-hybridized carbons (Fsp3) is 0.167. The number of ketones is 1.